The highest BCUT2D eigenvalue weighted by atomic mass is 79.9. The van der Waals surface area contributed by atoms with Gasteiger partial charge in [0.25, 0.3) is 10.0 Å². The maximum atomic E-state index is 14.3. The fourth-order valence-electron chi connectivity index (χ4n) is 4.64. The molecular formula is C33H34BrN3O4S. The molecule has 0 aliphatic carbocycles. The molecule has 0 saturated heterocycles. The summed E-state index contributed by atoms with van der Waals surface area (Å²) in [6.07, 6.45) is 0.266. The number of halogens is 1. The van der Waals surface area contributed by atoms with Crippen molar-refractivity contribution < 1.29 is 18.0 Å². The van der Waals surface area contributed by atoms with Gasteiger partial charge in [-0.25, -0.2) is 8.42 Å². The summed E-state index contributed by atoms with van der Waals surface area (Å²) in [7, 11) is -4.11. The fraction of sp³-hybridized carbons (Fsp3) is 0.212. The fourth-order valence-corrected chi connectivity index (χ4v) is 6.52. The van der Waals surface area contributed by atoms with Crippen LogP contribution in [0.25, 0.3) is 0 Å². The van der Waals surface area contributed by atoms with Crippen LogP contribution in [0.5, 0.6) is 0 Å². The Hall–Kier alpha value is -3.95. The van der Waals surface area contributed by atoms with Gasteiger partial charge in [-0.1, -0.05) is 94.3 Å². The first-order valence-corrected chi connectivity index (χ1v) is 15.9. The van der Waals surface area contributed by atoms with Crippen molar-refractivity contribution in [3.05, 3.63) is 130 Å². The smallest absolute Gasteiger partial charge is 0.264 e. The number of nitrogens with one attached hydrogen (secondary N) is 1. The van der Waals surface area contributed by atoms with E-state index >= 15 is 0 Å². The zero-order valence-electron chi connectivity index (χ0n) is 23.6. The normalized spacial score (nSPS) is 11.9. The second-order valence-corrected chi connectivity index (χ2v) is 12.7. The minimum atomic E-state index is -4.11. The third-order valence-electron chi connectivity index (χ3n) is 6.80. The molecule has 1 unspecified atom stereocenters. The highest BCUT2D eigenvalue weighted by Gasteiger charge is 2.34. The van der Waals surface area contributed by atoms with Crippen LogP contribution in [0.4, 0.5) is 5.69 Å². The van der Waals surface area contributed by atoms with Gasteiger partial charge in [-0.3, -0.25) is 13.9 Å². The Morgan fingerprint density at radius 1 is 0.833 bits per heavy atom. The third kappa shape index (κ3) is 7.86. The standard InChI is InChI=1S/C33H34BrN3O4S/c1-3-35-33(39)31(22-26-11-6-4-7-12-26)36(23-27-13-10-14-28(34)21-27)32(38)24-37(29-19-17-25(2)18-20-29)42(40,41)30-15-8-5-9-16-30/h4-21,31H,3,22-24H2,1-2H3,(H,35,39). The molecule has 42 heavy (non-hydrogen) atoms. The van der Waals surface area contributed by atoms with Crippen LogP contribution in [-0.4, -0.2) is 44.3 Å². The number of nitrogens with zero attached hydrogens (tertiary/aromatic N) is 2. The van der Waals surface area contributed by atoms with Crippen LogP contribution in [0.3, 0.4) is 0 Å². The highest BCUT2D eigenvalue weighted by Crippen LogP contribution is 2.25. The van der Waals surface area contributed by atoms with Gasteiger partial charge in [0.15, 0.2) is 0 Å². The predicted octanol–water partition coefficient (Wildman–Crippen LogP) is 5.73. The van der Waals surface area contributed by atoms with E-state index in [4.69, 9.17) is 0 Å². The molecule has 4 aromatic rings. The molecule has 4 rings (SSSR count). The van der Waals surface area contributed by atoms with E-state index in [-0.39, 0.29) is 23.8 Å². The molecule has 0 aromatic heterocycles. The number of carbonyl (C=O) groups is 2. The summed E-state index contributed by atoms with van der Waals surface area (Å²) in [5, 5.41) is 2.87. The van der Waals surface area contributed by atoms with Gasteiger partial charge in [-0.2, -0.15) is 0 Å². The summed E-state index contributed by atoms with van der Waals surface area (Å²) in [4.78, 5) is 29.4. The molecule has 1 N–H and O–H groups in total. The molecule has 2 amide bonds. The van der Waals surface area contributed by atoms with Crippen molar-refractivity contribution >= 4 is 43.5 Å². The van der Waals surface area contributed by atoms with Gasteiger partial charge in [0.05, 0.1) is 10.6 Å². The van der Waals surface area contributed by atoms with Gasteiger partial charge in [0, 0.05) is 24.0 Å². The topological polar surface area (TPSA) is 86.8 Å². The Morgan fingerprint density at radius 3 is 2.07 bits per heavy atom. The van der Waals surface area contributed by atoms with Crippen molar-refractivity contribution in [2.24, 2.45) is 0 Å². The SMILES string of the molecule is CCNC(=O)C(Cc1ccccc1)N(Cc1cccc(Br)c1)C(=O)CN(c1ccc(C)cc1)S(=O)(=O)c1ccccc1. The quantitative estimate of drug-likeness (QED) is 0.213. The molecule has 4 aromatic carbocycles. The summed E-state index contributed by atoms with van der Waals surface area (Å²) in [5.41, 5.74) is 3.00. The number of hydrogen-bond acceptors (Lipinski definition) is 4. The molecule has 0 radical (unpaired) electrons. The number of amides is 2. The van der Waals surface area contributed by atoms with E-state index < -0.39 is 28.5 Å². The zero-order valence-corrected chi connectivity index (χ0v) is 26.0. The highest BCUT2D eigenvalue weighted by molar-refractivity contribution is 9.10. The Balaban J connectivity index is 1.78. The van der Waals surface area contributed by atoms with Gasteiger partial charge in [0.1, 0.15) is 12.6 Å². The van der Waals surface area contributed by atoms with Crippen LogP contribution in [0.1, 0.15) is 23.6 Å². The molecule has 9 heteroatoms. The predicted molar refractivity (Wildman–Crippen MR) is 169 cm³/mol. The number of aryl methyl sites for hydroxylation is 1. The summed E-state index contributed by atoms with van der Waals surface area (Å²) < 4.78 is 29.8. The van der Waals surface area contributed by atoms with Crippen molar-refractivity contribution in [2.75, 3.05) is 17.4 Å². The molecular weight excluding hydrogens is 614 g/mol. The number of hydrogen-bond donors (Lipinski definition) is 1. The zero-order chi connectivity index (χ0) is 30.1. The third-order valence-corrected chi connectivity index (χ3v) is 9.08. The van der Waals surface area contributed by atoms with E-state index in [9.17, 15) is 18.0 Å². The summed E-state index contributed by atoms with van der Waals surface area (Å²) in [6.45, 7) is 3.74. The van der Waals surface area contributed by atoms with Gasteiger partial charge in [-0.05, 0) is 61.4 Å². The molecule has 0 heterocycles. The lowest BCUT2D eigenvalue weighted by atomic mass is 10.0. The lowest BCUT2D eigenvalue weighted by Gasteiger charge is -2.34. The molecule has 0 bridgehead atoms. The Kier molecular flexibility index (Phi) is 10.5. The molecule has 1 atom stereocenters. The largest absolute Gasteiger partial charge is 0.355 e. The minimum absolute atomic E-state index is 0.0708. The van der Waals surface area contributed by atoms with Gasteiger partial charge in [0.2, 0.25) is 11.8 Å². The molecule has 0 aliphatic heterocycles. The average molecular weight is 649 g/mol. The number of benzene rings is 4. The second-order valence-electron chi connectivity index (χ2n) is 9.91. The van der Waals surface area contributed by atoms with Crippen LogP contribution in [0, 0.1) is 6.92 Å². The number of sulfonamides is 1. The van der Waals surface area contributed by atoms with Crippen molar-refractivity contribution in [1.29, 1.82) is 0 Å². The van der Waals surface area contributed by atoms with E-state index in [1.807, 2.05) is 68.4 Å². The van der Waals surface area contributed by atoms with E-state index in [0.29, 0.717) is 12.2 Å². The molecule has 7 nitrogen and oxygen atoms in total. The summed E-state index contributed by atoms with van der Waals surface area (Å²) in [6, 6.07) is 31.1. The average Bonchev–Trinajstić information content (AvgIpc) is 2.99. The van der Waals surface area contributed by atoms with Gasteiger partial charge < -0.3 is 10.2 Å². The van der Waals surface area contributed by atoms with Crippen molar-refractivity contribution in [3.8, 4) is 0 Å². The van der Waals surface area contributed by atoms with E-state index in [2.05, 4.69) is 21.2 Å². The first-order valence-electron chi connectivity index (χ1n) is 13.7. The van der Waals surface area contributed by atoms with Crippen LogP contribution >= 0.6 is 15.9 Å². The number of anilines is 1. The van der Waals surface area contributed by atoms with Crippen LogP contribution < -0.4 is 9.62 Å². The molecule has 0 saturated carbocycles. The first-order chi connectivity index (χ1) is 20.2. The summed E-state index contributed by atoms with van der Waals surface area (Å²) in [5.74, 6) is -0.806. The van der Waals surface area contributed by atoms with Crippen LogP contribution in [-0.2, 0) is 32.6 Å². The second kappa shape index (κ2) is 14.3. The minimum Gasteiger partial charge on any atom is -0.355 e. The lowest BCUT2D eigenvalue weighted by Crippen LogP contribution is -2.53. The molecule has 0 spiro atoms. The number of likely N-dealkylation sites (N-methyl/N-ethyl adjacent to an activating group) is 1. The lowest BCUT2D eigenvalue weighted by molar-refractivity contribution is -0.140. The molecule has 218 valence electrons. The van der Waals surface area contributed by atoms with Crippen LogP contribution in [0.15, 0.2) is 119 Å². The van der Waals surface area contributed by atoms with E-state index in [1.165, 1.54) is 17.0 Å². The maximum absolute atomic E-state index is 14.3. The Morgan fingerprint density at radius 2 is 1.45 bits per heavy atom. The van der Waals surface area contributed by atoms with Crippen molar-refractivity contribution in [3.63, 3.8) is 0 Å². The van der Waals surface area contributed by atoms with Gasteiger partial charge in [-0.15, -0.1) is 0 Å². The molecule has 0 aliphatic rings. The van der Waals surface area contributed by atoms with E-state index in [1.54, 1.807) is 42.5 Å². The van der Waals surface area contributed by atoms with Crippen molar-refractivity contribution in [2.45, 2.75) is 37.8 Å². The Bertz CT molecular complexity index is 1600. The number of rotatable bonds is 12. The van der Waals surface area contributed by atoms with Gasteiger partial charge >= 0.3 is 0 Å². The Labute approximate surface area is 256 Å². The number of carbonyl (C=O) groups excluding carboxylic acids is 2. The van der Waals surface area contributed by atoms with Crippen molar-refractivity contribution in [1.82, 2.24) is 10.2 Å². The van der Waals surface area contributed by atoms with Crippen LogP contribution in [0.2, 0.25) is 0 Å². The first kappa shape index (κ1) is 31.0. The molecule has 0 fully saturated rings. The maximum Gasteiger partial charge on any atom is 0.264 e. The summed E-state index contributed by atoms with van der Waals surface area (Å²) >= 11 is 3.49. The monoisotopic (exact) mass is 647 g/mol. The van der Waals surface area contributed by atoms with E-state index in [0.717, 1.165) is 25.5 Å².